The van der Waals surface area contributed by atoms with Gasteiger partial charge >= 0.3 is 0 Å². The van der Waals surface area contributed by atoms with Gasteiger partial charge in [0.2, 0.25) is 0 Å². The molecule has 3 heteroatoms. The van der Waals surface area contributed by atoms with Crippen LogP contribution in [0.4, 0.5) is 0 Å². The molecule has 0 spiro atoms. The highest BCUT2D eigenvalue weighted by Gasteiger charge is 2.40. The van der Waals surface area contributed by atoms with Gasteiger partial charge in [0.25, 0.3) is 0 Å². The summed E-state index contributed by atoms with van der Waals surface area (Å²) in [5.41, 5.74) is 6.60. The van der Waals surface area contributed by atoms with E-state index >= 15 is 0 Å². The predicted octanol–water partition coefficient (Wildman–Crippen LogP) is 3.30. The van der Waals surface area contributed by atoms with Gasteiger partial charge in [0.05, 0.1) is 7.11 Å². The van der Waals surface area contributed by atoms with E-state index in [0.29, 0.717) is 5.25 Å². The van der Waals surface area contributed by atoms with Crippen molar-refractivity contribution in [2.24, 2.45) is 11.1 Å². The number of benzene rings is 1. The number of hydrogen-bond donors (Lipinski definition) is 1. The normalized spacial score (nSPS) is 27.1. The van der Waals surface area contributed by atoms with E-state index in [4.69, 9.17) is 10.5 Å². The summed E-state index contributed by atoms with van der Waals surface area (Å²) < 4.78 is 5.38. The Morgan fingerprint density at radius 1 is 1.35 bits per heavy atom. The van der Waals surface area contributed by atoms with Crippen LogP contribution in [0, 0.1) is 5.41 Å². The molecule has 0 aliphatic heterocycles. The van der Waals surface area contributed by atoms with Gasteiger partial charge in [-0.05, 0) is 30.4 Å². The van der Waals surface area contributed by atoms with Gasteiger partial charge in [0.1, 0.15) is 5.75 Å². The van der Waals surface area contributed by atoms with Crippen molar-refractivity contribution >= 4 is 11.8 Å². The molecular weight excluding hydrogens is 230 g/mol. The molecule has 2 atom stereocenters. The monoisotopic (exact) mass is 251 g/mol. The summed E-state index contributed by atoms with van der Waals surface area (Å²) in [4.78, 5) is 1.20. The smallest absolute Gasteiger partial charge is 0.132 e. The molecule has 1 saturated carbocycles. The van der Waals surface area contributed by atoms with Gasteiger partial charge < -0.3 is 10.5 Å². The van der Waals surface area contributed by atoms with Crippen LogP contribution in [-0.2, 0) is 0 Å². The molecule has 0 bridgehead atoms. The number of methoxy groups -OCH3 is 1. The van der Waals surface area contributed by atoms with Gasteiger partial charge in [0.15, 0.2) is 0 Å². The second-order valence-electron chi connectivity index (χ2n) is 5.36. The van der Waals surface area contributed by atoms with Crippen molar-refractivity contribution < 1.29 is 4.74 Å². The third-order valence-corrected chi connectivity index (χ3v) is 5.15. The average molecular weight is 251 g/mol. The summed E-state index contributed by atoms with van der Waals surface area (Å²) in [6.07, 6.45) is 2.40. The molecular formula is C14H21NOS. The van der Waals surface area contributed by atoms with Gasteiger partial charge in [-0.2, -0.15) is 0 Å². The van der Waals surface area contributed by atoms with Crippen LogP contribution >= 0.6 is 11.8 Å². The molecule has 2 N–H and O–H groups in total. The topological polar surface area (TPSA) is 35.2 Å². The first-order valence-corrected chi connectivity index (χ1v) is 6.98. The maximum Gasteiger partial charge on any atom is 0.132 e. The lowest BCUT2D eigenvalue weighted by atomic mass is 9.88. The molecule has 1 fully saturated rings. The van der Waals surface area contributed by atoms with E-state index in [9.17, 15) is 0 Å². The zero-order valence-electron chi connectivity index (χ0n) is 10.8. The lowest BCUT2D eigenvalue weighted by Gasteiger charge is -2.26. The Morgan fingerprint density at radius 3 is 2.65 bits per heavy atom. The van der Waals surface area contributed by atoms with Crippen molar-refractivity contribution in [2.45, 2.75) is 42.9 Å². The van der Waals surface area contributed by atoms with Gasteiger partial charge in [-0.15, -0.1) is 11.8 Å². The Labute approximate surface area is 108 Å². The number of para-hydroxylation sites is 1. The highest BCUT2D eigenvalue weighted by molar-refractivity contribution is 8.00. The molecule has 0 amide bonds. The first-order valence-electron chi connectivity index (χ1n) is 6.10. The Morgan fingerprint density at radius 2 is 2.06 bits per heavy atom. The Hall–Kier alpha value is -0.670. The van der Waals surface area contributed by atoms with Gasteiger partial charge in [-0.25, -0.2) is 0 Å². The van der Waals surface area contributed by atoms with Crippen LogP contribution < -0.4 is 10.5 Å². The number of nitrogens with two attached hydrogens (primary N) is 1. The largest absolute Gasteiger partial charge is 0.496 e. The molecule has 0 aromatic heterocycles. The fraction of sp³-hybridized carbons (Fsp3) is 0.571. The van der Waals surface area contributed by atoms with Crippen LogP contribution in [0.2, 0.25) is 0 Å². The fourth-order valence-electron chi connectivity index (χ4n) is 2.38. The van der Waals surface area contributed by atoms with Crippen LogP contribution in [0.5, 0.6) is 5.75 Å². The predicted molar refractivity (Wildman–Crippen MR) is 73.6 cm³/mol. The van der Waals surface area contributed by atoms with E-state index in [-0.39, 0.29) is 11.5 Å². The third-order valence-electron chi connectivity index (χ3n) is 3.72. The second kappa shape index (κ2) is 4.91. The van der Waals surface area contributed by atoms with E-state index in [1.165, 1.54) is 17.7 Å². The first-order chi connectivity index (χ1) is 8.04. The molecule has 0 saturated heterocycles. The molecule has 2 nitrogen and oxygen atoms in total. The average Bonchev–Trinajstić information content (AvgIpc) is 2.57. The van der Waals surface area contributed by atoms with Gasteiger partial charge in [0, 0.05) is 16.2 Å². The molecule has 1 aromatic carbocycles. The molecule has 1 aliphatic rings. The van der Waals surface area contributed by atoms with Crippen LogP contribution in [-0.4, -0.2) is 18.4 Å². The number of ether oxygens (including phenoxy) is 1. The SMILES string of the molecule is COc1ccccc1SC1CCC(C)(C)C1N. The Bertz CT molecular complexity index is 392. The van der Waals surface area contributed by atoms with Gasteiger partial charge in [-0.1, -0.05) is 26.0 Å². The van der Waals surface area contributed by atoms with Crippen LogP contribution in [0.3, 0.4) is 0 Å². The number of hydrogen-bond acceptors (Lipinski definition) is 3. The van der Waals surface area contributed by atoms with E-state index in [1.807, 2.05) is 23.9 Å². The van der Waals surface area contributed by atoms with Crippen molar-refractivity contribution in [1.29, 1.82) is 0 Å². The highest BCUT2D eigenvalue weighted by atomic mass is 32.2. The van der Waals surface area contributed by atoms with Crippen molar-refractivity contribution in [3.05, 3.63) is 24.3 Å². The van der Waals surface area contributed by atoms with Gasteiger partial charge in [-0.3, -0.25) is 0 Å². The quantitative estimate of drug-likeness (QED) is 0.895. The van der Waals surface area contributed by atoms with Crippen molar-refractivity contribution in [3.63, 3.8) is 0 Å². The van der Waals surface area contributed by atoms with Crippen molar-refractivity contribution in [1.82, 2.24) is 0 Å². The van der Waals surface area contributed by atoms with E-state index in [0.717, 1.165) is 5.75 Å². The van der Waals surface area contributed by atoms with Crippen molar-refractivity contribution in [2.75, 3.05) is 7.11 Å². The number of rotatable bonds is 3. The fourth-order valence-corrected chi connectivity index (χ4v) is 3.88. The van der Waals surface area contributed by atoms with Crippen LogP contribution in [0.1, 0.15) is 26.7 Å². The lowest BCUT2D eigenvalue weighted by molar-refractivity contribution is 0.334. The Kier molecular flexibility index (Phi) is 3.69. The van der Waals surface area contributed by atoms with Crippen LogP contribution in [0.15, 0.2) is 29.2 Å². The minimum Gasteiger partial charge on any atom is -0.496 e. The zero-order valence-corrected chi connectivity index (χ0v) is 11.6. The molecule has 2 rings (SSSR count). The zero-order chi connectivity index (χ0) is 12.5. The summed E-state index contributed by atoms with van der Waals surface area (Å²) in [5, 5.41) is 0.501. The highest BCUT2D eigenvalue weighted by Crippen LogP contribution is 2.45. The lowest BCUT2D eigenvalue weighted by Crippen LogP contribution is -2.38. The minimum atomic E-state index is 0.261. The van der Waals surface area contributed by atoms with E-state index in [1.54, 1.807) is 7.11 Å². The third kappa shape index (κ3) is 2.61. The maximum atomic E-state index is 6.33. The second-order valence-corrected chi connectivity index (χ2v) is 6.64. The molecule has 1 aliphatic carbocycles. The summed E-state index contributed by atoms with van der Waals surface area (Å²) in [5.74, 6) is 0.953. The molecule has 0 heterocycles. The van der Waals surface area contributed by atoms with E-state index < -0.39 is 0 Å². The maximum absolute atomic E-state index is 6.33. The first kappa shape index (κ1) is 12.8. The molecule has 1 aromatic rings. The standard InChI is InChI=1S/C14H21NOS/c1-14(2)9-8-12(13(14)15)17-11-7-5-4-6-10(11)16-3/h4-7,12-13H,8-9,15H2,1-3H3. The summed E-state index contributed by atoms with van der Waals surface area (Å²) in [6.45, 7) is 4.53. The van der Waals surface area contributed by atoms with Crippen LogP contribution in [0.25, 0.3) is 0 Å². The number of thioether (sulfide) groups is 1. The minimum absolute atomic E-state index is 0.261. The van der Waals surface area contributed by atoms with Crippen molar-refractivity contribution in [3.8, 4) is 5.75 Å². The summed E-state index contributed by atoms with van der Waals surface area (Å²) in [7, 11) is 1.72. The summed E-state index contributed by atoms with van der Waals surface area (Å²) >= 11 is 1.86. The molecule has 94 valence electrons. The molecule has 17 heavy (non-hydrogen) atoms. The molecule has 0 radical (unpaired) electrons. The molecule has 2 unspecified atom stereocenters. The Balaban J connectivity index is 2.12. The van der Waals surface area contributed by atoms with E-state index in [2.05, 4.69) is 26.0 Å². The summed E-state index contributed by atoms with van der Waals surface area (Å²) in [6, 6.07) is 8.44.